The van der Waals surface area contributed by atoms with Crippen LogP contribution >= 0.6 is 11.8 Å². The molecule has 0 aliphatic heterocycles. The van der Waals surface area contributed by atoms with E-state index in [0.29, 0.717) is 10.6 Å². The number of aliphatic hydroxyl groups excluding tert-OH is 1. The third kappa shape index (κ3) is 3.68. The quantitative estimate of drug-likeness (QED) is 0.760. The van der Waals surface area contributed by atoms with Crippen LogP contribution in [0.1, 0.15) is 19.8 Å². The van der Waals surface area contributed by atoms with E-state index in [0.717, 1.165) is 12.8 Å². The van der Waals surface area contributed by atoms with Crippen LogP contribution in [0.5, 0.6) is 0 Å². The fourth-order valence-corrected chi connectivity index (χ4v) is 2.08. The molecule has 0 fully saturated rings. The molecule has 1 N–H and O–H groups in total. The molecule has 3 heteroatoms. The molecule has 0 spiro atoms. The van der Waals surface area contributed by atoms with Crippen LogP contribution < -0.4 is 0 Å². The zero-order valence-corrected chi connectivity index (χ0v) is 9.06. The van der Waals surface area contributed by atoms with Crippen molar-refractivity contribution >= 4 is 11.8 Å². The minimum atomic E-state index is -0.329. The van der Waals surface area contributed by atoms with Crippen LogP contribution in [0, 0.1) is 5.82 Å². The van der Waals surface area contributed by atoms with Crippen LogP contribution in [0.4, 0.5) is 4.39 Å². The van der Waals surface area contributed by atoms with Crippen molar-refractivity contribution in [3.8, 4) is 0 Å². The van der Waals surface area contributed by atoms with Crippen LogP contribution in [0.25, 0.3) is 0 Å². The summed E-state index contributed by atoms with van der Waals surface area (Å²) in [5.41, 5.74) is 0. The maximum absolute atomic E-state index is 13.1. The average Bonchev–Trinajstić information content (AvgIpc) is 2.17. The van der Waals surface area contributed by atoms with E-state index in [1.165, 1.54) is 17.8 Å². The highest BCUT2D eigenvalue weighted by Gasteiger charge is 2.06. The summed E-state index contributed by atoms with van der Waals surface area (Å²) >= 11 is 1.37. The molecule has 1 aromatic rings. The largest absolute Gasteiger partial charge is 0.392 e. The van der Waals surface area contributed by atoms with Crippen molar-refractivity contribution in [3.63, 3.8) is 0 Å². The highest BCUT2D eigenvalue weighted by atomic mass is 32.2. The number of hydrogen-bond acceptors (Lipinski definition) is 2. The lowest BCUT2D eigenvalue weighted by atomic mass is 10.2. The highest BCUT2D eigenvalue weighted by Crippen LogP contribution is 2.22. The van der Waals surface area contributed by atoms with Crippen molar-refractivity contribution in [3.05, 3.63) is 30.1 Å². The number of thioether (sulfide) groups is 1. The van der Waals surface area contributed by atoms with Crippen molar-refractivity contribution < 1.29 is 9.50 Å². The monoisotopic (exact) mass is 214 g/mol. The van der Waals surface area contributed by atoms with E-state index in [-0.39, 0.29) is 11.9 Å². The van der Waals surface area contributed by atoms with Gasteiger partial charge < -0.3 is 5.11 Å². The molecule has 0 bridgehead atoms. The Balaban J connectivity index is 2.41. The highest BCUT2D eigenvalue weighted by molar-refractivity contribution is 7.99. The molecule has 0 amide bonds. The van der Waals surface area contributed by atoms with Gasteiger partial charge in [0, 0.05) is 10.6 Å². The Kier molecular flexibility index (Phi) is 4.98. The molecule has 0 saturated heterocycles. The maximum Gasteiger partial charge on any atom is 0.136 e. The smallest absolute Gasteiger partial charge is 0.136 e. The minimum absolute atomic E-state index is 0.207. The summed E-state index contributed by atoms with van der Waals surface area (Å²) in [6.45, 7) is 2.02. The molecule has 0 aromatic heterocycles. The molecule has 0 radical (unpaired) electrons. The summed E-state index contributed by atoms with van der Waals surface area (Å²) < 4.78 is 13.1. The van der Waals surface area contributed by atoms with E-state index < -0.39 is 0 Å². The van der Waals surface area contributed by atoms with Gasteiger partial charge in [-0.25, -0.2) is 4.39 Å². The molecule has 1 aromatic carbocycles. The lowest BCUT2D eigenvalue weighted by Crippen LogP contribution is -2.08. The van der Waals surface area contributed by atoms with Crippen LogP contribution in [0.3, 0.4) is 0 Å². The van der Waals surface area contributed by atoms with Crippen molar-refractivity contribution in [2.24, 2.45) is 0 Å². The predicted molar refractivity (Wildman–Crippen MR) is 58.0 cm³/mol. The Morgan fingerprint density at radius 1 is 1.43 bits per heavy atom. The molecule has 78 valence electrons. The van der Waals surface area contributed by atoms with Crippen molar-refractivity contribution in [2.45, 2.75) is 30.8 Å². The van der Waals surface area contributed by atoms with Gasteiger partial charge in [-0.1, -0.05) is 25.5 Å². The number of benzene rings is 1. The third-order valence-corrected chi connectivity index (χ3v) is 3.08. The van der Waals surface area contributed by atoms with Gasteiger partial charge in [-0.05, 0) is 18.6 Å². The van der Waals surface area contributed by atoms with Crippen molar-refractivity contribution in [1.82, 2.24) is 0 Å². The first-order valence-electron chi connectivity index (χ1n) is 4.79. The molecule has 0 aliphatic carbocycles. The fourth-order valence-electron chi connectivity index (χ4n) is 1.16. The lowest BCUT2D eigenvalue weighted by molar-refractivity contribution is 0.188. The van der Waals surface area contributed by atoms with Crippen molar-refractivity contribution in [1.29, 1.82) is 0 Å². The summed E-state index contributed by atoms with van der Waals surface area (Å²) in [5, 5.41) is 9.46. The zero-order chi connectivity index (χ0) is 10.4. The van der Waals surface area contributed by atoms with Crippen LogP contribution in [0.2, 0.25) is 0 Å². The van der Waals surface area contributed by atoms with Gasteiger partial charge in [0.15, 0.2) is 0 Å². The lowest BCUT2D eigenvalue weighted by Gasteiger charge is -2.08. The summed E-state index contributed by atoms with van der Waals surface area (Å²) in [4.78, 5) is 0.614. The Morgan fingerprint density at radius 2 is 2.14 bits per heavy atom. The van der Waals surface area contributed by atoms with E-state index in [9.17, 15) is 9.50 Å². The molecule has 0 aliphatic rings. The standard InChI is InChI=1S/C11H15FOS/c1-2-5-9(13)8-14-11-7-4-3-6-10(11)12/h3-4,6-7,9,13H,2,5,8H2,1H3. The van der Waals surface area contributed by atoms with Gasteiger partial charge in [-0.3, -0.25) is 0 Å². The molecular weight excluding hydrogens is 199 g/mol. The summed E-state index contributed by atoms with van der Waals surface area (Å²) in [7, 11) is 0. The average molecular weight is 214 g/mol. The van der Waals surface area contributed by atoms with Crippen LogP contribution in [-0.2, 0) is 0 Å². The second-order valence-corrected chi connectivity index (χ2v) is 4.25. The first kappa shape index (κ1) is 11.5. The second-order valence-electron chi connectivity index (χ2n) is 3.18. The van der Waals surface area contributed by atoms with Crippen LogP contribution in [0.15, 0.2) is 29.2 Å². The third-order valence-electron chi connectivity index (χ3n) is 1.89. The summed E-state index contributed by atoms with van der Waals surface area (Å²) in [5.74, 6) is 0.357. The van der Waals surface area contributed by atoms with Gasteiger partial charge >= 0.3 is 0 Å². The normalized spacial score (nSPS) is 12.8. The number of hydrogen-bond donors (Lipinski definition) is 1. The summed E-state index contributed by atoms with van der Waals surface area (Å²) in [6, 6.07) is 6.65. The predicted octanol–water partition coefficient (Wildman–Crippen LogP) is 3.08. The first-order valence-corrected chi connectivity index (χ1v) is 5.78. The Morgan fingerprint density at radius 3 is 2.79 bits per heavy atom. The van der Waals surface area contributed by atoms with Gasteiger partial charge in [0.25, 0.3) is 0 Å². The maximum atomic E-state index is 13.1. The van der Waals surface area contributed by atoms with Gasteiger partial charge in [-0.2, -0.15) is 0 Å². The van der Waals surface area contributed by atoms with E-state index in [2.05, 4.69) is 0 Å². The first-order chi connectivity index (χ1) is 6.74. The molecule has 0 heterocycles. The molecule has 1 rings (SSSR count). The van der Waals surface area contributed by atoms with Crippen molar-refractivity contribution in [2.75, 3.05) is 5.75 Å². The molecule has 1 nitrogen and oxygen atoms in total. The Hall–Kier alpha value is -0.540. The molecule has 0 saturated carbocycles. The molecule has 1 unspecified atom stereocenters. The second kappa shape index (κ2) is 6.04. The van der Waals surface area contributed by atoms with Gasteiger partial charge in [0.2, 0.25) is 0 Å². The molecular formula is C11H15FOS. The van der Waals surface area contributed by atoms with Gasteiger partial charge in [-0.15, -0.1) is 11.8 Å². The van der Waals surface area contributed by atoms with Gasteiger partial charge in [0.05, 0.1) is 6.10 Å². The number of rotatable bonds is 5. The minimum Gasteiger partial charge on any atom is -0.392 e. The van der Waals surface area contributed by atoms with E-state index in [1.54, 1.807) is 18.2 Å². The van der Waals surface area contributed by atoms with E-state index in [4.69, 9.17) is 0 Å². The zero-order valence-electron chi connectivity index (χ0n) is 8.24. The van der Waals surface area contributed by atoms with Gasteiger partial charge in [0.1, 0.15) is 5.82 Å². The number of aliphatic hydroxyl groups is 1. The van der Waals surface area contributed by atoms with Crippen LogP contribution in [-0.4, -0.2) is 17.0 Å². The number of halogens is 1. The SMILES string of the molecule is CCCC(O)CSc1ccccc1F. The topological polar surface area (TPSA) is 20.2 Å². The summed E-state index contributed by atoms with van der Waals surface area (Å²) in [6.07, 6.45) is 1.41. The van der Waals surface area contributed by atoms with E-state index in [1.807, 2.05) is 6.92 Å². The Labute approximate surface area is 88.3 Å². The Bertz CT molecular complexity index is 278. The fraction of sp³-hybridized carbons (Fsp3) is 0.455. The molecule has 1 atom stereocenters. The van der Waals surface area contributed by atoms with E-state index >= 15 is 0 Å². The molecule has 14 heavy (non-hydrogen) atoms.